The summed E-state index contributed by atoms with van der Waals surface area (Å²) in [5, 5.41) is 6.16. The number of piperazine rings is 1. The minimum atomic E-state index is -0.129. The van der Waals surface area contributed by atoms with E-state index in [4.69, 9.17) is 9.72 Å². The Morgan fingerprint density at radius 2 is 1.72 bits per heavy atom. The molecule has 3 saturated heterocycles. The molecular weight excluding hydrogens is 819 g/mol. The lowest BCUT2D eigenvalue weighted by Gasteiger charge is -2.49. The normalized spacial score (nSPS) is 19.5. The number of fused-ring (bicyclic) bond motifs is 1. The third-order valence-corrected chi connectivity index (χ3v) is 13.2. The molecule has 4 amide bonds. The number of aromatic nitrogens is 3. The summed E-state index contributed by atoms with van der Waals surface area (Å²) >= 11 is 0. The number of hydrogen-bond acceptors (Lipinski definition) is 11. The first kappa shape index (κ1) is 45.4. The van der Waals surface area contributed by atoms with Crippen molar-refractivity contribution in [1.82, 2.24) is 39.9 Å². The first-order chi connectivity index (χ1) is 31.1. The highest BCUT2D eigenvalue weighted by Gasteiger charge is 2.36. The maximum Gasteiger partial charge on any atom is 0.326 e. The van der Waals surface area contributed by atoms with E-state index < -0.39 is 0 Å². The monoisotopic (exact) mass is 884 g/mol. The molecule has 0 radical (unpaired) electrons. The Labute approximate surface area is 383 Å². The second-order valence-corrected chi connectivity index (χ2v) is 19.3. The molecule has 0 spiro atoms. The fourth-order valence-electron chi connectivity index (χ4n) is 9.85. The fourth-order valence-corrected chi connectivity index (χ4v) is 9.85. The van der Waals surface area contributed by atoms with E-state index in [2.05, 4.69) is 88.3 Å². The van der Waals surface area contributed by atoms with E-state index in [1.54, 1.807) is 17.3 Å². The summed E-state index contributed by atoms with van der Waals surface area (Å²) in [5.74, 6) is 1.29. The molecule has 0 aliphatic carbocycles. The third-order valence-electron chi connectivity index (χ3n) is 13.2. The lowest BCUT2D eigenvalue weighted by molar-refractivity contribution is -0.135. The van der Waals surface area contributed by atoms with Gasteiger partial charge in [0.15, 0.2) is 0 Å². The Bertz CT molecular complexity index is 2370. The highest BCUT2D eigenvalue weighted by Crippen LogP contribution is 2.34. The molecule has 344 valence electrons. The van der Waals surface area contributed by atoms with Crippen LogP contribution in [0.2, 0.25) is 0 Å². The van der Waals surface area contributed by atoms with Gasteiger partial charge in [-0.2, -0.15) is 0 Å². The van der Waals surface area contributed by atoms with Crippen LogP contribution in [0.25, 0.3) is 0 Å². The molecule has 1 unspecified atom stereocenters. The van der Waals surface area contributed by atoms with Crippen molar-refractivity contribution in [3.63, 3.8) is 0 Å². The number of benzene rings is 1. The van der Waals surface area contributed by atoms with Crippen molar-refractivity contribution in [2.75, 3.05) is 80.6 Å². The zero-order valence-electron chi connectivity index (χ0n) is 39.0. The van der Waals surface area contributed by atoms with Gasteiger partial charge in [0.1, 0.15) is 12.4 Å². The fraction of sp³-hybridized carbons (Fsp3) is 0.480. The van der Waals surface area contributed by atoms with Crippen LogP contribution in [-0.4, -0.2) is 124 Å². The van der Waals surface area contributed by atoms with E-state index in [9.17, 15) is 14.4 Å². The SMILES string of the molecule is C=C/C(=C(/C)C1=C(C)OCCN1C(=O)C(C)CC(C)(C)C)N1CCc2cnc(Nc3cncc(CC(=O)N4CCN(C5CN(c6ccc(N7CCC(=C)NC7=O)cc6)C5)CC4)c3)nc2C1. The molecule has 3 aromatic rings. The number of hydrogen-bond donors (Lipinski definition) is 2. The van der Waals surface area contributed by atoms with Crippen LogP contribution in [0.15, 0.2) is 96.6 Å². The van der Waals surface area contributed by atoms with Gasteiger partial charge in [-0.15, -0.1) is 0 Å². The molecule has 8 rings (SSSR count). The van der Waals surface area contributed by atoms with E-state index in [1.165, 1.54) is 0 Å². The quantitative estimate of drug-likeness (QED) is 0.190. The number of anilines is 4. The summed E-state index contributed by atoms with van der Waals surface area (Å²) in [6.45, 7) is 28.5. The van der Waals surface area contributed by atoms with Crippen LogP contribution in [0.4, 0.5) is 27.8 Å². The number of urea groups is 1. The topological polar surface area (TPSA) is 143 Å². The summed E-state index contributed by atoms with van der Waals surface area (Å²) in [6, 6.07) is 10.5. The van der Waals surface area contributed by atoms with E-state index in [0.29, 0.717) is 57.0 Å². The van der Waals surface area contributed by atoms with Gasteiger partial charge >= 0.3 is 6.03 Å². The second-order valence-electron chi connectivity index (χ2n) is 19.3. The van der Waals surface area contributed by atoms with Crippen LogP contribution >= 0.6 is 0 Å². The van der Waals surface area contributed by atoms with E-state index >= 15 is 0 Å². The first-order valence-corrected chi connectivity index (χ1v) is 23.1. The highest BCUT2D eigenvalue weighted by atomic mass is 16.5. The maximum absolute atomic E-state index is 13.9. The molecule has 2 N–H and O–H groups in total. The van der Waals surface area contributed by atoms with E-state index in [-0.39, 0.29) is 35.6 Å². The first-order valence-electron chi connectivity index (χ1n) is 23.1. The maximum atomic E-state index is 13.9. The van der Waals surface area contributed by atoms with Crippen molar-refractivity contribution >= 4 is 40.9 Å². The molecule has 1 atom stereocenters. The number of nitrogens with one attached hydrogen (secondary N) is 2. The van der Waals surface area contributed by atoms with Gasteiger partial charge in [-0.3, -0.25) is 24.4 Å². The van der Waals surface area contributed by atoms with Crippen molar-refractivity contribution < 1.29 is 19.1 Å². The molecule has 15 heteroatoms. The van der Waals surface area contributed by atoms with Gasteiger partial charge in [-0.25, -0.2) is 14.8 Å². The number of rotatable bonds is 12. The second kappa shape index (κ2) is 19.1. The molecule has 2 aromatic heterocycles. The number of ether oxygens (including phenoxy) is 1. The molecule has 0 saturated carbocycles. The van der Waals surface area contributed by atoms with Crippen LogP contribution < -0.4 is 20.4 Å². The predicted octanol–water partition coefficient (Wildman–Crippen LogP) is 6.60. The Hall–Kier alpha value is -6.22. The Morgan fingerprint density at radius 3 is 2.43 bits per heavy atom. The van der Waals surface area contributed by atoms with Crippen LogP contribution in [0.3, 0.4) is 0 Å². The van der Waals surface area contributed by atoms with Crippen molar-refractivity contribution in [3.8, 4) is 0 Å². The van der Waals surface area contributed by atoms with Crippen molar-refractivity contribution in [3.05, 3.63) is 113 Å². The molecule has 5 aliphatic heterocycles. The summed E-state index contributed by atoms with van der Waals surface area (Å²) in [7, 11) is 0. The van der Waals surface area contributed by atoms with Gasteiger partial charge in [0, 0.05) is 106 Å². The van der Waals surface area contributed by atoms with Crippen molar-refractivity contribution in [2.45, 2.75) is 79.8 Å². The lowest BCUT2D eigenvalue weighted by Crippen LogP contribution is -2.63. The Balaban J connectivity index is 0.835. The van der Waals surface area contributed by atoms with Gasteiger partial charge in [-0.1, -0.05) is 40.9 Å². The average Bonchev–Trinajstić information content (AvgIpc) is 3.25. The zero-order chi connectivity index (χ0) is 46.0. The van der Waals surface area contributed by atoms with Crippen LogP contribution in [-0.2, 0) is 33.7 Å². The summed E-state index contributed by atoms with van der Waals surface area (Å²) in [4.78, 5) is 66.6. The molecular formula is C50H65N11O4. The van der Waals surface area contributed by atoms with E-state index in [1.807, 2.05) is 54.1 Å². The molecule has 0 bridgehead atoms. The number of carbonyl (C=O) groups is 3. The Kier molecular flexibility index (Phi) is 13.3. The third kappa shape index (κ3) is 10.4. The number of allylic oxidation sites excluding steroid dienone is 3. The van der Waals surface area contributed by atoms with Crippen LogP contribution in [0, 0.1) is 11.3 Å². The molecule has 3 fully saturated rings. The van der Waals surface area contributed by atoms with Crippen LogP contribution in [0.5, 0.6) is 0 Å². The number of carbonyl (C=O) groups excluding carboxylic acids is 3. The highest BCUT2D eigenvalue weighted by molar-refractivity contribution is 5.94. The zero-order valence-corrected chi connectivity index (χ0v) is 39.0. The number of amides is 4. The van der Waals surface area contributed by atoms with Crippen molar-refractivity contribution in [1.29, 1.82) is 0 Å². The van der Waals surface area contributed by atoms with Gasteiger partial charge < -0.3 is 35.0 Å². The van der Waals surface area contributed by atoms with Gasteiger partial charge in [0.25, 0.3) is 0 Å². The van der Waals surface area contributed by atoms with E-state index in [0.717, 1.165) is 109 Å². The van der Waals surface area contributed by atoms with Gasteiger partial charge in [0.05, 0.1) is 42.8 Å². The molecule has 1 aromatic carbocycles. The largest absolute Gasteiger partial charge is 0.494 e. The summed E-state index contributed by atoms with van der Waals surface area (Å²) in [6.07, 6.45) is 9.80. The molecule has 5 aliphatic rings. The molecule has 15 nitrogen and oxygen atoms in total. The smallest absolute Gasteiger partial charge is 0.326 e. The summed E-state index contributed by atoms with van der Waals surface area (Å²) in [5.41, 5.74) is 9.10. The van der Waals surface area contributed by atoms with Crippen molar-refractivity contribution in [2.24, 2.45) is 11.3 Å². The standard InChI is InChI=1S/C50H65N11O4/c1-9-44(35(4)46-36(5)65-23-22-61(46)47(63)33(2)26-50(6,7)8)58-16-15-38-28-52-48(55-43(38)32-58)54-39-24-37(27-51-29-39)25-45(62)57-20-18-56(19-21-57)42-30-59(31-42)40-10-12-41(13-11-40)60-17-14-34(3)53-49(60)64/h9-13,24,27-29,33,42H,1,3,14-23,25-26,30-32H2,2,4-8H3,(H,53,64)(H,52,54,55)/b44-35+. The van der Waals surface area contributed by atoms with Gasteiger partial charge in [0.2, 0.25) is 17.8 Å². The number of nitrogens with zero attached hydrogens (tertiary/aromatic N) is 9. The Morgan fingerprint density at radius 1 is 0.985 bits per heavy atom. The minimum absolute atomic E-state index is 0.0374. The average molecular weight is 884 g/mol. The lowest BCUT2D eigenvalue weighted by atomic mass is 9.84. The summed E-state index contributed by atoms with van der Waals surface area (Å²) < 4.78 is 6.03. The van der Waals surface area contributed by atoms with Gasteiger partial charge in [-0.05, 0) is 85.2 Å². The molecule has 65 heavy (non-hydrogen) atoms. The van der Waals surface area contributed by atoms with Crippen LogP contribution in [0.1, 0.15) is 71.2 Å². The number of pyridine rings is 1. The predicted molar refractivity (Wildman–Crippen MR) is 254 cm³/mol. The molecule has 7 heterocycles. The minimum Gasteiger partial charge on any atom is -0.494 e.